The zero-order valence-corrected chi connectivity index (χ0v) is 15.8. The molecule has 2 amide bonds. The molecule has 0 aliphatic heterocycles. The van der Waals surface area contributed by atoms with E-state index in [0.29, 0.717) is 12.2 Å². The van der Waals surface area contributed by atoms with Crippen LogP contribution in [-0.2, 0) is 20.9 Å². The molecule has 2 aromatic carbocycles. The monoisotopic (exact) mass is 368 g/mol. The zero-order valence-electron chi connectivity index (χ0n) is 15.8. The second-order valence-corrected chi connectivity index (χ2v) is 6.20. The largest absolute Gasteiger partial charge is 0.465 e. The van der Waals surface area contributed by atoms with Gasteiger partial charge in [0, 0.05) is 26.4 Å². The molecule has 0 atom stereocenters. The molecule has 0 fully saturated rings. The van der Waals surface area contributed by atoms with E-state index >= 15 is 0 Å². The number of carbonyl (C=O) groups is 3. The number of aryl methyl sites for hydroxylation is 1. The van der Waals surface area contributed by atoms with Crippen LogP contribution in [0, 0.1) is 6.92 Å². The Morgan fingerprint density at radius 1 is 1.04 bits per heavy atom. The number of anilines is 1. The van der Waals surface area contributed by atoms with Crippen molar-refractivity contribution < 1.29 is 19.1 Å². The third-order valence-electron chi connectivity index (χ3n) is 4.28. The molecule has 0 spiro atoms. The fraction of sp³-hybridized carbons (Fsp3) is 0.286. The number of methoxy groups -OCH3 is 1. The molecule has 6 nitrogen and oxygen atoms in total. The van der Waals surface area contributed by atoms with Crippen molar-refractivity contribution in [1.29, 1.82) is 0 Å². The van der Waals surface area contributed by atoms with Crippen LogP contribution in [0.1, 0.15) is 34.8 Å². The minimum absolute atomic E-state index is 0.0963. The average molecular weight is 368 g/mol. The molecule has 27 heavy (non-hydrogen) atoms. The highest BCUT2D eigenvalue weighted by Crippen LogP contribution is 2.17. The zero-order chi connectivity index (χ0) is 19.8. The summed E-state index contributed by atoms with van der Waals surface area (Å²) in [6.45, 7) is 4.22. The van der Waals surface area contributed by atoms with Gasteiger partial charge in [-0.2, -0.15) is 0 Å². The van der Waals surface area contributed by atoms with Gasteiger partial charge in [-0.05, 0) is 30.2 Å². The van der Waals surface area contributed by atoms with Crippen molar-refractivity contribution in [2.75, 3.05) is 19.0 Å². The van der Waals surface area contributed by atoms with Crippen LogP contribution in [0.15, 0.2) is 48.5 Å². The molecule has 2 rings (SSSR count). The fourth-order valence-corrected chi connectivity index (χ4v) is 2.67. The summed E-state index contributed by atoms with van der Waals surface area (Å²) in [4.78, 5) is 37.7. The van der Waals surface area contributed by atoms with E-state index in [4.69, 9.17) is 4.74 Å². The van der Waals surface area contributed by atoms with Crippen LogP contribution >= 0.6 is 0 Å². The van der Waals surface area contributed by atoms with E-state index in [9.17, 15) is 14.4 Å². The summed E-state index contributed by atoms with van der Waals surface area (Å²) in [5.74, 6) is -0.890. The van der Waals surface area contributed by atoms with E-state index in [-0.39, 0.29) is 30.3 Å². The van der Waals surface area contributed by atoms with E-state index in [1.165, 1.54) is 14.0 Å². The first-order valence-electron chi connectivity index (χ1n) is 8.69. The average Bonchev–Trinajstić information content (AvgIpc) is 2.66. The number of rotatable bonds is 7. The van der Waals surface area contributed by atoms with Crippen LogP contribution in [0.3, 0.4) is 0 Å². The fourth-order valence-electron chi connectivity index (χ4n) is 2.67. The van der Waals surface area contributed by atoms with Crippen molar-refractivity contribution in [2.24, 2.45) is 0 Å². The quantitative estimate of drug-likeness (QED) is 0.762. The first-order valence-corrected chi connectivity index (χ1v) is 8.69. The standard InChI is InChI=1S/C21H24N2O4/c1-15-8-4-5-9-17(15)14-23(16(2)24)13-12-20(25)22-19-11-7-6-10-18(19)21(26)27-3/h4-11H,12-14H2,1-3H3,(H,22,25). The van der Waals surface area contributed by atoms with Crippen molar-refractivity contribution in [3.63, 3.8) is 0 Å². The Bertz CT molecular complexity index is 832. The van der Waals surface area contributed by atoms with Gasteiger partial charge in [0.25, 0.3) is 0 Å². The van der Waals surface area contributed by atoms with Crippen molar-refractivity contribution in [1.82, 2.24) is 4.90 Å². The number of benzene rings is 2. The molecule has 142 valence electrons. The summed E-state index contributed by atoms with van der Waals surface area (Å²) in [5, 5.41) is 2.72. The lowest BCUT2D eigenvalue weighted by Crippen LogP contribution is -2.32. The Labute approximate surface area is 159 Å². The number of amides is 2. The highest BCUT2D eigenvalue weighted by Gasteiger charge is 2.16. The molecular weight excluding hydrogens is 344 g/mol. The minimum Gasteiger partial charge on any atom is -0.465 e. The van der Waals surface area contributed by atoms with E-state index < -0.39 is 5.97 Å². The lowest BCUT2D eigenvalue weighted by Gasteiger charge is -2.22. The Morgan fingerprint density at radius 3 is 2.37 bits per heavy atom. The summed E-state index contributed by atoms with van der Waals surface area (Å²) in [6.07, 6.45) is 0.126. The summed E-state index contributed by atoms with van der Waals surface area (Å²) < 4.78 is 4.72. The number of carbonyl (C=O) groups excluding carboxylic acids is 3. The van der Waals surface area contributed by atoms with E-state index in [0.717, 1.165) is 11.1 Å². The van der Waals surface area contributed by atoms with Crippen LogP contribution < -0.4 is 5.32 Å². The first-order chi connectivity index (χ1) is 12.9. The highest BCUT2D eigenvalue weighted by molar-refractivity contribution is 6.01. The molecule has 0 saturated carbocycles. The summed E-state index contributed by atoms with van der Waals surface area (Å²) in [7, 11) is 1.29. The van der Waals surface area contributed by atoms with Gasteiger partial charge in [-0.15, -0.1) is 0 Å². The van der Waals surface area contributed by atoms with Gasteiger partial charge in [-0.1, -0.05) is 36.4 Å². The molecular formula is C21H24N2O4. The number of esters is 1. The molecule has 0 aliphatic carbocycles. The van der Waals surface area contributed by atoms with Gasteiger partial charge in [0.1, 0.15) is 0 Å². The smallest absolute Gasteiger partial charge is 0.339 e. The summed E-state index contributed by atoms with van der Waals surface area (Å²) in [6, 6.07) is 14.5. The van der Waals surface area contributed by atoms with Gasteiger partial charge in [-0.3, -0.25) is 9.59 Å². The van der Waals surface area contributed by atoms with Crippen LogP contribution in [0.25, 0.3) is 0 Å². The maximum absolute atomic E-state index is 12.3. The van der Waals surface area contributed by atoms with Crippen molar-refractivity contribution in [3.05, 3.63) is 65.2 Å². The molecule has 0 aliphatic rings. The van der Waals surface area contributed by atoms with E-state index in [2.05, 4.69) is 5.32 Å². The predicted octanol–water partition coefficient (Wildman–Crippen LogP) is 3.16. The molecule has 1 N–H and O–H groups in total. The number of nitrogens with one attached hydrogen (secondary N) is 1. The Morgan fingerprint density at radius 2 is 1.70 bits per heavy atom. The maximum Gasteiger partial charge on any atom is 0.339 e. The van der Waals surface area contributed by atoms with Crippen molar-refractivity contribution in [3.8, 4) is 0 Å². The molecule has 0 unspecified atom stereocenters. The minimum atomic E-state index is -0.518. The van der Waals surface area contributed by atoms with E-state index in [1.54, 1.807) is 29.2 Å². The van der Waals surface area contributed by atoms with Crippen LogP contribution in [0.2, 0.25) is 0 Å². The number of para-hydroxylation sites is 1. The van der Waals surface area contributed by atoms with Gasteiger partial charge in [0.15, 0.2) is 0 Å². The van der Waals surface area contributed by atoms with Gasteiger partial charge in [0.05, 0.1) is 18.4 Å². The summed E-state index contributed by atoms with van der Waals surface area (Å²) >= 11 is 0. The molecule has 0 bridgehead atoms. The lowest BCUT2D eigenvalue weighted by atomic mass is 10.1. The van der Waals surface area contributed by atoms with Crippen molar-refractivity contribution in [2.45, 2.75) is 26.8 Å². The van der Waals surface area contributed by atoms with Gasteiger partial charge >= 0.3 is 5.97 Å². The lowest BCUT2D eigenvalue weighted by molar-refractivity contribution is -0.129. The number of nitrogens with zero attached hydrogens (tertiary/aromatic N) is 1. The van der Waals surface area contributed by atoms with E-state index in [1.807, 2.05) is 31.2 Å². The third-order valence-corrected chi connectivity index (χ3v) is 4.28. The molecule has 0 radical (unpaired) electrons. The third kappa shape index (κ3) is 5.67. The number of hydrogen-bond donors (Lipinski definition) is 1. The van der Waals surface area contributed by atoms with Crippen molar-refractivity contribution >= 4 is 23.5 Å². The second kappa shape index (κ2) is 9.52. The topological polar surface area (TPSA) is 75.7 Å². The SMILES string of the molecule is COC(=O)c1ccccc1NC(=O)CCN(Cc1ccccc1C)C(C)=O. The first kappa shape index (κ1) is 20.2. The normalized spacial score (nSPS) is 10.2. The van der Waals surface area contributed by atoms with Crippen LogP contribution in [0.4, 0.5) is 5.69 Å². The predicted molar refractivity (Wildman–Crippen MR) is 103 cm³/mol. The molecule has 0 saturated heterocycles. The highest BCUT2D eigenvalue weighted by atomic mass is 16.5. The second-order valence-electron chi connectivity index (χ2n) is 6.20. The number of hydrogen-bond acceptors (Lipinski definition) is 4. The van der Waals surface area contributed by atoms with Gasteiger partial charge in [0.2, 0.25) is 11.8 Å². The van der Waals surface area contributed by atoms with Gasteiger partial charge in [-0.25, -0.2) is 4.79 Å². The van der Waals surface area contributed by atoms with Crippen LogP contribution in [-0.4, -0.2) is 36.3 Å². The van der Waals surface area contributed by atoms with Gasteiger partial charge < -0.3 is 15.0 Å². The molecule has 0 heterocycles. The Hall–Kier alpha value is -3.15. The maximum atomic E-state index is 12.3. The molecule has 0 aromatic heterocycles. The number of ether oxygens (including phenoxy) is 1. The molecule has 6 heteroatoms. The summed E-state index contributed by atoms with van der Waals surface area (Å²) in [5.41, 5.74) is 2.82. The van der Waals surface area contributed by atoms with Crippen LogP contribution in [0.5, 0.6) is 0 Å². The molecule has 2 aromatic rings. The Kier molecular flexibility index (Phi) is 7.11. The Balaban J connectivity index is 2.00.